The second kappa shape index (κ2) is 8.02. The van der Waals surface area contributed by atoms with Gasteiger partial charge in [0.1, 0.15) is 0 Å². The maximum absolute atomic E-state index is 12.7. The summed E-state index contributed by atoms with van der Waals surface area (Å²) in [5.74, 6) is 1.06. The number of carbonyl (C=O) groups is 1. The van der Waals surface area contributed by atoms with Gasteiger partial charge in [0, 0.05) is 44.0 Å². The van der Waals surface area contributed by atoms with Crippen molar-refractivity contribution in [1.82, 2.24) is 4.90 Å². The van der Waals surface area contributed by atoms with Gasteiger partial charge in [0.15, 0.2) is 0 Å². The van der Waals surface area contributed by atoms with Crippen LogP contribution in [0.3, 0.4) is 0 Å². The van der Waals surface area contributed by atoms with Crippen molar-refractivity contribution >= 4 is 11.6 Å². The van der Waals surface area contributed by atoms with Crippen LogP contribution in [0.5, 0.6) is 0 Å². The topological polar surface area (TPSA) is 41.6 Å². The minimum absolute atomic E-state index is 0.169. The Balaban J connectivity index is 1.55. The minimum Gasteiger partial charge on any atom is -0.381 e. The molecule has 2 aliphatic heterocycles. The van der Waals surface area contributed by atoms with E-state index in [1.807, 2.05) is 0 Å². The van der Waals surface area contributed by atoms with Crippen molar-refractivity contribution in [2.24, 2.45) is 5.92 Å². The molecule has 24 heavy (non-hydrogen) atoms. The molecule has 3 rings (SSSR count). The summed E-state index contributed by atoms with van der Waals surface area (Å²) in [4.78, 5) is 14.8. The van der Waals surface area contributed by atoms with Gasteiger partial charge in [0.05, 0.1) is 0 Å². The van der Waals surface area contributed by atoms with Gasteiger partial charge in [0.25, 0.3) is 0 Å². The molecule has 1 aromatic rings. The zero-order chi connectivity index (χ0) is 16.9. The highest BCUT2D eigenvalue weighted by molar-refractivity contribution is 5.79. The van der Waals surface area contributed by atoms with Crippen LogP contribution in [-0.4, -0.2) is 43.2 Å². The van der Waals surface area contributed by atoms with Crippen LogP contribution in [-0.2, 0) is 9.53 Å². The number of anilines is 1. The van der Waals surface area contributed by atoms with Gasteiger partial charge in [-0.2, -0.15) is 0 Å². The normalized spacial score (nSPS) is 22.6. The molecule has 0 saturated carbocycles. The number of amides is 1. The fraction of sp³-hybridized carbons (Fsp3) is 0.650. The summed E-state index contributed by atoms with van der Waals surface area (Å²) < 4.78 is 5.38. The number of carbonyl (C=O) groups excluding carboxylic acids is 1. The average molecular weight is 330 g/mol. The number of hydrogen-bond acceptors (Lipinski definition) is 3. The number of benzene rings is 1. The molecule has 0 aromatic heterocycles. The molecule has 0 bridgehead atoms. The van der Waals surface area contributed by atoms with Crippen molar-refractivity contribution < 1.29 is 9.53 Å². The molecule has 2 aliphatic rings. The monoisotopic (exact) mass is 330 g/mol. The Morgan fingerprint density at radius 1 is 1.17 bits per heavy atom. The van der Waals surface area contributed by atoms with Gasteiger partial charge in [-0.3, -0.25) is 4.79 Å². The Labute approximate surface area is 145 Å². The van der Waals surface area contributed by atoms with E-state index >= 15 is 0 Å². The van der Waals surface area contributed by atoms with E-state index in [4.69, 9.17) is 4.74 Å². The molecular formula is C20H30N2O2. The summed E-state index contributed by atoms with van der Waals surface area (Å²) >= 11 is 0. The molecule has 132 valence electrons. The van der Waals surface area contributed by atoms with Crippen LogP contribution < -0.4 is 5.32 Å². The first kappa shape index (κ1) is 17.3. The van der Waals surface area contributed by atoms with Gasteiger partial charge < -0.3 is 15.0 Å². The molecule has 2 saturated heterocycles. The SMILES string of the molecule is CC(C)c1ccc(NC2CCCN(C(=O)C3CCOCC3)C2)cc1. The number of hydrogen-bond donors (Lipinski definition) is 1. The zero-order valence-corrected chi connectivity index (χ0v) is 15.0. The summed E-state index contributed by atoms with van der Waals surface area (Å²) in [6.07, 6.45) is 3.97. The van der Waals surface area contributed by atoms with Crippen molar-refractivity contribution in [1.29, 1.82) is 0 Å². The van der Waals surface area contributed by atoms with E-state index in [9.17, 15) is 4.79 Å². The van der Waals surface area contributed by atoms with Gasteiger partial charge in [0.2, 0.25) is 5.91 Å². The third-order valence-electron chi connectivity index (χ3n) is 5.25. The predicted octanol–water partition coefficient (Wildman–Crippen LogP) is 3.64. The second-order valence-corrected chi connectivity index (χ2v) is 7.43. The summed E-state index contributed by atoms with van der Waals surface area (Å²) in [6, 6.07) is 9.07. The maximum atomic E-state index is 12.7. The fourth-order valence-corrected chi connectivity index (χ4v) is 3.70. The first-order valence-electron chi connectivity index (χ1n) is 9.36. The molecule has 4 nitrogen and oxygen atoms in total. The van der Waals surface area contributed by atoms with E-state index in [0.29, 0.717) is 17.9 Å². The fourth-order valence-electron chi connectivity index (χ4n) is 3.70. The first-order chi connectivity index (χ1) is 11.6. The summed E-state index contributed by atoms with van der Waals surface area (Å²) in [5.41, 5.74) is 2.52. The third kappa shape index (κ3) is 4.29. The first-order valence-corrected chi connectivity index (χ1v) is 9.36. The van der Waals surface area contributed by atoms with Crippen molar-refractivity contribution in [3.8, 4) is 0 Å². The quantitative estimate of drug-likeness (QED) is 0.916. The van der Waals surface area contributed by atoms with Crippen LogP contribution in [0.2, 0.25) is 0 Å². The molecule has 1 aromatic carbocycles. The highest BCUT2D eigenvalue weighted by atomic mass is 16.5. The van der Waals surface area contributed by atoms with Crippen LogP contribution in [0.4, 0.5) is 5.69 Å². The standard InChI is InChI=1S/C20H30N2O2/c1-15(2)16-5-7-18(8-6-16)21-19-4-3-11-22(14-19)20(23)17-9-12-24-13-10-17/h5-8,15,17,19,21H,3-4,9-14H2,1-2H3. The van der Waals surface area contributed by atoms with E-state index in [1.54, 1.807) is 0 Å². The summed E-state index contributed by atoms with van der Waals surface area (Å²) in [6.45, 7) is 7.61. The lowest BCUT2D eigenvalue weighted by Gasteiger charge is -2.36. The molecule has 4 heteroatoms. The van der Waals surface area contributed by atoms with Crippen LogP contribution in [0.1, 0.15) is 51.0 Å². The number of nitrogens with zero attached hydrogens (tertiary/aromatic N) is 1. The van der Waals surface area contributed by atoms with E-state index in [2.05, 4.69) is 48.3 Å². The lowest BCUT2D eigenvalue weighted by Crippen LogP contribution is -2.48. The van der Waals surface area contributed by atoms with Gasteiger partial charge in [-0.15, -0.1) is 0 Å². The zero-order valence-electron chi connectivity index (χ0n) is 15.0. The van der Waals surface area contributed by atoms with Crippen molar-refractivity contribution in [2.45, 2.75) is 51.5 Å². The van der Waals surface area contributed by atoms with Gasteiger partial charge in [-0.1, -0.05) is 26.0 Å². The molecule has 1 N–H and O–H groups in total. The highest BCUT2D eigenvalue weighted by Gasteiger charge is 2.29. The largest absolute Gasteiger partial charge is 0.381 e. The molecule has 0 spiro atoms. The Morgan fingerprint density at radius 2 is 1.88 bits per heavy atom. The van der Waals surface area contributed by atoms with Crippen molar-refractivity contribution in [3.63, 3.8) is 0 Å². The van der Waals surface area contributed by atoms with Crippen LogP contribution in [0.25, 0.3) is 0 Å². The van der Waals surface area contributed by atoms with E-state index in [1.165, 1.54) is 5.56 Å². The maximum Gasteiger partial charge on any atom is 0.225 e. The summed E-state index contributed by atoms with van der Waals surface area (Å²) in [5, 5.41) is 3.62. The number of rotatable bonds is 4. The smallest absolute Gasteiger partial charge is 0.225 e. The Hall–Kier alpha value is -1.55. The van der Waals surface area contributed by atoms with Crippen LogP contribution in [0.15, 0.2) is 24.3 Å². The molecule has 2 heterocycles. The van der Waals surface area contributed by atoms with Gasteiger partial charge in [-0.05, 0) is 49.3 Å². The number of nitrogens with one attached hydrogen (secondary N) is 1. The van der Waals surface area contributed by atoms with Crippen molar-refractivity contribution in [2.75, 3.05) is 31.6 Å². The molecule has 2 fully saturated rings. The van der Waals surface area contributed by atoms with E-state index in [0.717, 1.165) is 57.7 Å². The Morgan fingerprint density at radius 3 is 2.54 bits per heavy atom. The molecule has 0 radical (unpaired) electrons. The van der Waals surface area contributed by atoms with E-state index < -0.39 is 0 Å². The molecule has 1 unspecified atom stereocenters. The third-order valence-corrected chi connectivity index (χ3v) is 5.25. The second-order valence-electron chi connectivity index (χ2n) is 7.43. The molecule has 1 atom stereocenters. The number of ether oxygens (including phenoxy) is 1. The van der Waals surface area contributed by atoms with Crippen LogP contribution in [0, 0.1) is 5.92 Å². The highest BCUT2D eigenvalue weighted by Crippen LogP contribution is 2.23. The minimum atomic E-state index is 0.169. The predicted molar refractivity (Wildman–Crippen MR) is 97.3 cm³/mol. The lowest BCUT2D eigenvalue weighted by atomic mass is 9.96. The summed E-state index contributed by atoms with van der Waals surface area (Å²) in [7, 11) is 0. The van der Waals surface area contributed by atoms with Crippen molar-refractivity contribution in [3.05, 3.63) is 29.8 Å². The Kier molecular flexibility index (Phi) is 5.77. The van der Waals surface area contributed by atoms with Crippen LogP contribution >= 0.6 is 0 Å². The molecule has 1 amide bonds. The lowest BCUT2D eigenvalue weighted by molar-refractivity contribution is -0.139. The van der Waals surface area contributed by atoms with Gasteiger partial charge in [-0.25, -0.2) is 0 Å². The van der Waals surface area contributed by atoms with Gasteiger partial charge >= 0.3 is 0 Å². The molecular weight excluding hydrogens is 300 g/mol. The average Bonchev–Trinajstić information content (AvgIpc) is 2.62. The van der Waals surface area contributed by atoms with E-state index in [-0.39, 0.29) is 5.92 Å². The Bertz CT molecular complexity index is 535. The molecule has 0 aliphatic carbocycles. The number of likely N-dealkylation sites (tertiary alicyclic amines) is 1. The number of piperidine rings is 1.